The summed E-state index contributed by atoms with van der Waals surface area (Å²) in [5.74, 6) is -0.578. The number of benzene rings is 2. The van der Waals surface area contributed by atoms with E-state index in [4.69, 9.17) is 16.3 Å². The predicted octanol–water partition coefficient (Wildman–Crippen LogP) is 2.79. The molecular weight excluding hydrogens is 328 g/mol. The number of hydrogen-bond donors (Lipinski definition) is 2. The number of ether oxygens (including phenoxy) is 1. The Morgan fingerprint density at radius 2 is 2.00 bits per heavy atom. The maximum absolute atomic E-state index is 12.5. The second-order valence-electron chi connectivity index (χ2n) is 5.72. The molecule has 124 valence electrons. The fourth-order valence-electron chi connectivity index (χ4n) is 2.48. The molecule has 0 fully saturated rings. The van der Waals surface area contributed by atoms with Crippen LogP contribution in [0.2, 0.25) is 5.02 Å². The molecule has 0 unspecified atom stereocenters. The molecule has 5 nitrogen and oxygen atoms in total. The predicted molar refractivity (Wildman–Crippen MR) is 92.3 cm³/mol. The van der Waals surface area contributed by atoms with E-state index >= 15 is 0 Å². The third kappa shape index (κ3) is 3.21. The summed E-state index contributed by atoms with van der Waals surface area (Å²) in [5, 5.41) is 5.91. The van der Waals surface area contributed by atoms with Crippen molar-refractivity contribution < 1.29 is 14.3 Å². The first kappa shape index (κ1) is 16.3. The zero-order chi connectivity index (χ0) is 17.2. The summed E-state index contributed by atoms with van der Waals surface area (Å²) in [7, 11) is 0. The molecule has 3 rings (SSSR count). The van der Waals surface area contributed by atoms with E-state index in [2.05, 4.69) is 10.6 Å². The average Bonchev–Trinajstić information content (AvgIpc) is 2.57. The van der Waals surface area contributed by atoms with Crippen molar-refractivity contribution in [2.75, 3.05) is 11.9 Å². The van der Waals surface area contributed by atoms with Crippen LogP contribution >= 0.6 is 11.6 Å². The van der Waals surface area contributed by atoms with Gasteiger partial charge >= 0.3 is 0 Å². The molecule has 0 bridgehead atoms. The molecule has 2 amide bonds. The first-order chi connectivity index (χ1) is 11.5. The molecule has 0 radical (unpaired) electrons. The van der Waals surface area contributed by atoms with Crippen molar-refractivity contribution in [2.45, 2.75) is 18.9 Å². The Balaban J connectivity index is 1.67. The summed E-state index contributed by atoms with van der Waals surface area (Å²) < 4.78 is 5.67. The van der Waals surface area contributed by atoms with Gasteiger partial charge in [0, 0.05) is 11.6 Å². The quantitative estimate of drug-likeness (QED) is 0.838. The van der Waals surface area contributed by atoms with Crippen molar-refractivity contribution >= 4 is 29.1 Å². The number of carbonyl (C=O) groups is 2. The van der Waals surface area contributed by atoms with Crippen LogP contribution in [-0.4, -0.2) is 24.0 Å². The van der Waals surface area contributed by atoms with Gasteiger partial charge in [0.25, 0.3) is 17.4 Å². The standard InChI is InChI=1S/C18H17ClN2O3/c1-18(16(22)20-10-9-12-5-3-2-4-6-12)17(23)21-14-11-13(19)7-8-15(14)24-18/h2-8,11H,9-10H2,1H3,(H,20,22)(H,21,23)/t18-/m1/s1. The van der Waals surface area contributed by atoms with E-state index in [1.54, 1.807) is 18.2 Å². The van der Waals surface area contributed by atoms with Crippen LogP contribution in [-0.2, 0) is 16.0 Å². The van der Waals surface area contributed by atoms with Gasteiger partial charge in [-0.3, -0.25) is 9.59 Å². The fourth-order valence-corrected chi connectivity index (χ4v) is 2.65. The molecule has 0 saturated carbocycles. The van der Waals surface area contributed by atoms with E-state index in [1.807, 2.05) is 30.3 Å². The Bertz CT molecular complexity index is 779. The molecule has 1 atom stereocenters. The fraction of sp³-hybridized carbons (Fsp3) is 0.222. The van der Waals surface area contributed by atoms with Crippen molar-refractivity contribution in [2.24, 2.45) is 0 Å². The van der Waals surface area contributed by atoms with E-state index in [0.29, 0.717) is 29.4 Å². The van der Waals surface area contributed by atoms with Gasteiger partial charge in [-0.15, -0.1) is 0 Å². The van der Waals surface area contributed by atoms with Gasteiger partial charge in [0.1, 0.15) is 5.75 Å². The Morgan fingerprint density at radius 3 is 2.75 bits per heavy atom. The van der Waals surface area contributed by atoms with Crippen LogP contribution in [0.3, 0.4) is 0 Å². The van der Waals surface area contributed by atoms with E-state index in [9.17, 15) is 9.59 Å². The van der Waals surface area contributed by atoms with Crippen LogP contribution in [0.25, 0.3) is 0 Å². The topological polar surface area (TPSA) is 67.4 Å². The average molecular weight is 345 g/mol. The molecule has 0 spiro atoms. The van der Waals surface area contributed by atoms with Crippen LogP contribution < -0.4 is 15.4 Å². The number of rotatable bonds is 4. The Kier molecular flexibility index (Phi) is 4.44. The number of nitrogens with one attached hydrogen (secondary N) is 2. The lowest BCUT2D eigenvalue weighted by Gasteiger charge is -2.33. The lowest BCUT2D eigenvalue weighted by Crippen LogP contribution is -2.58. The zero-order valence-corrected chi connectivity index (χ0v) is 13.9. The van der Waals surface area contributed by atoms with E-state index < -0.39 is 17.4 Å². The summed E-state index contributed by atoms with van der Waals surface area (Å²) in [4.78, 5) is 24.8. The molecule has 0 saturated heterocycles. The lowest BCUT2D eigenvalue weighted by atomic mass is 10.0. The molecule has 1 aliphatic heterocycles. The minimum atomic E-state index is -1.61. The Labute approximate surface area is 145 Å². The molecule has 2 N–H and O–H groups in total. The summed E-state index contributed by atoms with van der Waals surface area (Å²) in [5.41, 5.74) is -0.0450. The van der Waals surface area contributed by atoms with Gasteiger partial charge in [-0.2, -0.15) is 0 Å². The molecule has 1 aliphatic rings. The number of carbonyl (C=O) groups excluding carboxylic acids is 2. The highest BCUT2D eigenvalue weighted by atomic mass is 35.5. The normalized spacial score (nSPS) is 19.0. The summed E-state index contributed by atoms with van der Waals surface area (Å²) in [6.07, 6.45) is 0.677. The van der Waals surface area contributed by atoms with Gasteiger partial charge in [0.05, 0.1) is 5.69 Å². The van der Waals surface area contributed by atoms with Crippen LogP contribution in [0.15, 0.2) is 48.5 Å². The first-order valence-electron chi connectivity index (χ1n) is 7.61. The van der Waals surface area contributed by atoms with Crippen LogP contribution in [0, 0.1) is 0 Å². The molecule has 0 aromatic heterocycles. The summed E-state index contributed by atoms with van der Waals surface area (Å²) in [6.45, 7) is 1.88. The van der Waals surface area contributed by atoms with E-state index in [-0.39, 0.29) is 0 Å². The van der Waals surface area contributed by atoms with Crippen LogP contribution in [0.5, 0.6) is 5.75 Å². The number of anilines is 1. The number of halogens is 1. The second kappa shape index (κ2) is 6.53. The minimum Gasteiger partial charge on any atom is -0.466 e. The monoisotopic (exact) mass is 344 g/mol. The third-order valence-corrected chi connectivity index (χ3v) is 4.15. The second-order valence-corrected chi connectivity index (χ2v) is 6.16. The van der Waals surface area contributed by atoms with Gasteiger partial charge in [-0.1, -0.05) is 41.9 Å². The number of hydrogen-bond acceptors (Lipinski definition) is 3. The summed E-state index contributed by atoms with van der Waals surface area (Å²) >= 11 is 5.90. The van der Waals surface area contributed by atoms with Crippen molar-refractivity contribution in [1.29, 1.82) is 0 Å². The van der Waals surface area contributed by atoms with Gasteiger partial charge in [0.15, 0.2) is 0 Å². The minimum absolute atomic E-state index is 0.416. The zero-order valence-electron chi connectivity index (χ0n) is 13.1. The maximum Gasteiger partial charge on any atom is 0.278 e. The highest BCUT2D eigenvalue weighted by Gasteiger charge is 2.47. The lowest BCUT2D eigenvalue weighted by molar-refractivity contribution is -0.146. The molecule has 6 heteroatoms. The van der Waals surface area contributed by atoms with E-state index in [1.165, 1.54) is 6.92 Å². The van der Waals surface area contributed by atoms with Gasteiger partial charge in [-0.25, -0.2) is 0 Å². The molecule has 0 aliphatic carbocycles. The van der Waals surface area contributed by atoms with Gasteiger partial charge in [0.2, 0.25) is 0 Å². The van der Waals surface area contributed by atoms with Crippen molar-refractivity contribution in [3.63, 3.8) is 0 Å². The first-order valence-corrected chi connectivity index (χ1v) is 7.99. The number of fused-ring (bicyclic) bond motifs is 1. The SMILES string of the molecule is C[C@]1(C(=O)NCCc2ccccc2)Oc2ccc(Cl)cc2NC1=O. The Morgan fingerprint density at radius 1 is 1.25 bits per heavy atom. The molecule has 1 heterocycles. The van der Waals surface area contributed by atoms with Crippen molar-refractivity contribution in [1.82, 2.24) is 5.32 Å². The molecule has 24 heavy (non-hydrogen) atoms. The molecular formula is C18H17ClN2O3. The molecule has 2 aromatic rings. The van der Waals surface area contributed by atoms with E-state index in [0.717, 1.165) is 5.56 Å². The third-order valence-electron chi connectivity index (χ3n) is 3.91. The van der Waals surface area contributed by atoms with Crippen molar-refractivity contribution in [3.8, 4) is 5.75 Å². The van der Waals surface area contributed by atoms with Crippen LogP contribution in [0.1, 0.15) is 12.5 Å². The maximum atomic E-state index is 12.5. The van der Waals surface area contributed by atoms with Crippen molar-refractivity contribution in [3.05, 3.63) is 59.1 Å². The highest BCUT2D eigenvalue weighted by Crippen LogP contribution is 2.35. The van der Waals surface area contributed by atoms with Gasteiger partial charge < -0.3 is 15.4 Å². The highest BCUT2D eigenvalue weighted by molar-refractivity contribution is 6.31. The smallest absolute Gasteiger partial charge is 0.278 e. The number of amides is 2. The summed E-state index contributed by atoms with van der Waals surface area (Å²) in [6, 6.07) is 14.7. The Hall–Kier alpha value is -2.53. The van der Waals surface area contributed by atoms with Crippen LogP contribution in [0.4, 0.5) is 5.69 Å². The molecule has 2 aromatic carbocycles. The van der Waals surface area contributed by atoms with Gasteiger partial charge in [-0.05, 0) is 37.1 Å². The largest absolute Gasteiger partial charge is 0.466 e.